The van der Waals surface area contributed by atoms with Crippen LogP contribution in [0, 0.1) is 5.92 Å². The van der Waals surface area contributed by atoms with Crippen LogP contribution in [0.3, 0.4) is 0 Å². The van der Waals surface area contributed by atoms with Gasteiger partial charge in [0.15, 0.2) is 0 Å². The molecule has 1 rings (SSSR count). The number of nitrogens with two attached hydrogens (primary N) is 1. The molecule has 0 aliphatic carbocycles. The molecule has 5 heteroatoms. The Morgan fingerprint density at radius 3 is 2.75 bits per heavy atom. The zero-order chi connectivity index (χ0) is 12.1. The quantitative estimate of drug-likeness (QED) is 0.752. The molecule has 0 radical (unpaired) electrons. The number of nitrogen functional groups attached to an aromatic ring is 1. The van der Waals surface area contributed by atoms with Gasteiger partial charge in [-0.05, 0) is 12.0 Å². The lowest BCUT2D eigenvalue weighted by molar-refractivity contribution is -0.142. The highest BCUT2D eigenvalue weighted by atomic mass is 16.5. The predicted molar refractivity (Wildman–Crippen MR) is 62.9 cm³/mol. The number of ether oxygens (including phenoxy) is 1. The van der Waals surface area contributed by atoms with Crippen LogP contribution < -0.4 is 11.1 Å². The van der Waals surface area contributed by atoms with Crippen molar-refractivity contribution in [3.63, 3.8) is 0 Å². The van der Waals surface area contributed by atoms with Crippen LogP contribution in [0.2, 0.25) is 0 Å². The molecule has 0 fully saturated rings. The van der Waals surface area contributed by atoms with Gasteiger partial charge in [0.2, 0.25) is 0 Å². The van der Waals surface area contributed by atoms with Gasteiger partial charge in [0.1, 0.15) is 11.9 Å². The monoisotopic (exact) mass is 223 g/mol. The Kier molecular flexibility index (Phi) is 4.10. The first-order valence-corrected chi connectivity index (χ1v) is 5.10. The average molecular weight is 223 g/mol. The molecule has 5 nitrogen and oxygen atoms in total. The van der Waals surface area contributed by atoms with Gasteiger partial charge in [0.25, 0.3) is 0 Å². The topological polar surface area (TPSA) is 77.2 Å². The number of nitrogens with zero attached hydrogens (tertiary/aromatic N) is 1. The van der Waals surface area contributed by atoms with Crippen LogP contribution in [0.4, 0.5) is 11.5 Å². The first-order valence-electron chi connectivity index (χ1n) is 5.10. The maximum absolute atomic E-state index is 11.5. The highest BCUT2D eigenvalue weighted by molar-refractivity contribution is 5.79. The van der Waals surface area contributed by atoms with E-state index < -0.39 is 6.04 Å². The van der Waals surface area contributed by atoms with Crippen molar-refractivity contribution in [3.8, 4) is 0 Å². The van der Waals surface area contributed by atoms with Crippen molar-refractivity contribution in [2.24, 2.45) is 5.92 Å². The van der Waals surface area contributed by atoms with E-state index in [-0.39, 0.29) is 11.9 Å². The van der Waals surface area contributed by atoms with Gasteiger partial charge in [0, 0.05) is 18.0 Å². The van der Waals surface area contributed by atoms with Crippen molar-refractivity contribution in [1.82, 2.24) is 4.98 Å². The maximum Gasteiger partial charge on any atom is 0.328 e. The molecular formula is C11H17N3O2. The van der Waals surface area contributed by atoms with E-state index >= 15 is 0 Å². The molecular weight excluding hydrogens is 206 g/mol. The Labute approximate surface area is 95.0 Å². The van der Waals surface area contributed by atoms with Crippen molar-refractivity contribution >= 4 is 17.5 Å². The smallest absolute Gasteiger partial charge is 0.328 e. The maximum atomic E-state index is 11.5. The van der Waals surface area contributed by atoms with Crippen LogP contribution in [0.5, 0.6) is 0 Å². The predicted octanol–water partition coefficient (Wildman–Crippen LogP) is 1.27. The van der Waals surface area contributed by atoms with E-state index in [0.29, 0.717) is 11.5 Å². The molecule has 0 aromatic carbocycles. The van der Waals surface area contributed by atoms with Crippen LogP contribution in [-0.2, 0) is 9.53 Å². The molecule has 3 N–H and O–H groups in total. The molecule has 0 bridgehead atoms. The molecule has 88 valence electrons. The van der Waals surface area contributed by atoms with Gasteiger partial charge in [0.05, 0.1) is 7.11 Å². The van der Waals surface area contributed by atoms with Gasteiger partial charge in [-0.2, -0.15) is 0 Å². The van der Waals surface area contributed by atoms with Crippen molar-refractivity contribution < 1.29 is 9.53 Å². The lowest BCUT2D eigenvalue weighted by Crippen LogP contribution is -2.35. The summed E-state index contributed by atoms with van der Waals surface area (Å²) in [5.74, 6) is 0.374. The summed E-state index contributed by atoms with van der Waals surface area (Å²) < 4.78 is 4.72. The standard InChI is InChI=1S/C11H17N3O2/c1-7(2)10(11(15)16-3)14-9-6-8(12)4-5-13-9/h4-7,10H,1-3H3,(H3,12,13,14). The van der Waals surface area contributed by atoms with Crippen LogP contribution in [0.15, 0.2) is 18.3 Å². The van der Waals surface area contributed by atoms with Gasteiger partial charge in [-0.1, -0.05) is 13.8 Å². The number of hydrogen-bond donors (Lipinski definition) is 2. The van der Waals surface area contributed by atoms with E-state index in [9.17, 15) is 4.79 Å². The largest absolute Gasteiger partial charge is 0.467 e. The first kappa shape index (κ1) is 12.3. The zero-order valence-corrected chi connectivity index (χ0v) is 9.73. The number of esters is 1. The fraction of sp³-hybridized carbons (Fsp3) is 0.455. The first-order chi connectivity index (χ1) is 7.54. The number of carbonyl (C=O) groups excluding carboxylic acids is 1. The molecule has 0 aliphatic heterocycles. The van der Waals surface area contributed by atoms with E-state index in [0.717, 1.165) is 0 Å². The summed E-state index contributed by atoms with van der Waals surface area (Å²) in [5.41, 5.74) is 6.22. The summed E-state index contributed by atoms with van der Waals surface area (Å²) in [6.45, 7) is 3.86. The minimum atomic E-state index is -0.417. The van der Waals surface area contributed by atoms with Crippen molar-refractivity contribution in [1.29, 1.82) is 0 Å². The van der Waals surface area contributed by atoms with E-state index in [1.807, 2.05) is 13.8 Å². The third-order valence-electron chi connectivity index (χ3n) is 2.21. The Balaban J connectivity index is 2.79. The normalized spacial score (nSPS) is 12.2. The average Bonchev–Trinajstić information content (AvgIpc) is 2.24. The number of nitrogens with one attached hydrogen (secondary N) is 1. The number of anilines is 2. The second-order valence-electron chi connectivity index (χ2n) is 3.86. The Morgan fingerprint density at radius 1 is 1.56 bits per heavy atom. The molecule has 0 saturated heterocycles. The molecule has 16 heavy (non-hydrogen) atoms. The fourth-order valence-corrected chi connectivity index (χ4v) is 1.31. The minimum Gasteiger partial charge on any atom is -0.467 e. The van der Waals surface area contributed by atoms with E-state index in [4.69, 9.17) is 10.5 Å². The number of hydrogen-bond acceptors (Lipinski definition) is 5. The third-order valence-corrected chi connectivity index (χ3v) is 2.21. The Bertz CT molecular complexity index is 366. The summed E-state index contributed by atoms with van der Waals surface area (Å²) in [5, 5.41) is 3.00. The van der Waals surface area contributed by atoms with Gasteiger partial charge in [-0.3, -0.25) is 0 Å². The van der Waals surface area contributed by atoms with Crippen molar-refractivity contribution in [3.05, 3.63) is 18.3 Å². The van der Waals surface area contributed by atoms with Crippen LogP contribution in [0.1, 0.15) is 13.8 Å². The number of carbonyl (C=O) groups is 1. The van der Waals surface area contributed by atoms with E-state index in [1.54, 1.807) is 18.3 Å². The molecule has 0 aliphatic rings. The lowest BCUT2D eigenvalue weighted by atomic mass is 10.0. The number of rotatable bonds is 4. The number of methoxy groups -OCH3 is 1. The molecule has 0 spiro atoms. The van der Waals surface area contributed by atoms with E-state index in [2.05, 4.69) is 10.3 Å². The molecule has 1 heterocycles. The summed E-state index contributed by atoms with van der Waals surface area (Å²) in [4.78, 5) is 15.6. The fourth-order valence-electron chi connectivity index (χ4n) is 1.31. The van der Waals surface area contributed by atoms with Crippen LogP contribution in [-0.4, -0.2) is 24.1 Å². The van der Waals surface area contributed by atoms with Gasteiger partial charge < -0.3 is 15.8 Å². The highest BCUT2D eigenvalue weighted by Crippen LogP contribution is 2.13. The second kappa shape index (κ2) is 5.34. The summed E-state index contributed by atoms with van der Waals surface area (Å²) in [7, 11) is 1.37. The lowest BCUT2D eigenvalue weighted by Gasteiger charge is -2.20. The summed E-state index contributed by atoms with van der Waals surface area (Å²) in [6.07, 6.45) is 1.59. The number of pyridine rings is 1. The summed E-state index contributed by atoms with van der Waals surface area (Å²) >= 11 is 0. The minimum absolute atomic E-state index is 0.107. The zero-order valence-electron chi connectivity index (χ0n) is 9.73. The SMILES string of the molecule is COC(=O)C(Nc1cc(N)ccn1)C(C)C. The van der Waals surface area contributed by atoms with Crippen molar-refractivity contribution in [2.45, 2.75) is 19.9 Å². The summed E-state index contributed by atoms with van der Waals surface area (Å²) in [6, 6.07) is 2.95. The Morgan fingerprint density at radius 2 is 2.25 bits per heavy atom. The molecule has 0 saturated carbocycles. The van der Waals surface area contributed by atoms with Crippen molar-refractivity contribution in [2.75, 3.05) is 18.2 Å². The van der Waals surface area contributed by atoms with Gasteiger partial charge >= 0.3 is 5.97 Å². The molecule has 1 unspecified atom stereocenters. The van der Waals surface area contributed by atoms with Crippen LogP contribution >= 0.6 is 0 Å². The molecule has 1 atom stereocenters. The molecule has 1 aromatic heterocycles. The Hall–Kier alpha value is -1.78. The number of aromatic nitrogens is 1. The van der Waals surface area contributed by atoms with E-state index in [1.165, 1.54) is 7.11 Å². The van der Waals surface area contributed by atoms with Crippen LogP contribution in [0.25, 0.3) is 0 Å². The second-order valence-corrected chi connectivity index (χ2v) is 3.86. The molecule has 0 amide bonds. The molecule has 1 aromatic rings. The van der Waals surface area contributed by atoms with Gasteiger partial charge in [-0.15, -0.1) is 0 Å². The highest BCUT2D eigenvalue weighted by Gasteiger charge is 2.22. The van der Waals surface area contributed by atoms with Gasteiger partial charge in [-0.25, -0.2) is 9.78 Å². The third kappa shape index (κ3) is 3.12.